The molecule has 2 heterocycles. The van der Waals surface area contributed by atoms with Crippen LogP contribution in [0.3, 0.4) is 0 Å². The molecule has 3 aromatic rings. The lowest BCUT2D eigenvalue weighted by atomic mass is 10.0. The van der Waals surface area contributed by atoms with Crippen LogP contribution in [-0.4, -0.2) is 41.1 Å². The molecule has 0 fully saturated rings. The summed E-state index contributed by atoms with van der Waals surface area (Å²) in [5, 5.41) is 0. The van der Waals surface area contributed by atoms with Crippen LogP contribution in [-0.2, 0) is 16.0 Å². The molecule has 0 radical (unpaired) electrons. The zero-order valence-corrected chi connectivity index (χ0v) is 17.7. The average Bonchev–Trinajstić information content (AvgIpc) is 3.33. The first-order chi connectivity index (χ1) is 15.0. The maximum absolute atomic E-state index is 13.0. The first kappa shape index (κ1) is 21.0. The molecule has 0 spiro atoms. The average molecular weight is 454 g/mol. The van der Waals surface area contributed by atoms with E-state index in [1.165, 1.54) is 0 Å². The number of hydrogen-bond donors (Lipinski definition) is 0. The Morgan fingerprint density at radius 3 is 2.10 bits per heavy atom. The summed E-state index contributed by atoms with van der Waals surface area (Å²) in [5.41, 5.74) is 1.22. The van der Waals surface area contributed by atoms with Gasteiger partial charge in [-0.3, -0.25) is 19.3 Å². The van der Waals surface area contributed by atoms with Crippen LogP contribution in [0.1, 0.15) is 36.0 Å². The van der Waals surface area contributed by atoms with Gasteiger partial charge in [0.15, 0.2) is 6.61 Å². The summed E-state index contributed by atoms with van der Waals surface area (Å²) >= 11 is 6.93. The van der Waals surface area contributed by atoms with Crippen molar-refractivity contribution < 1.29 is 23.9 Å². The minimum atomic E-state index is -1.20. The maximum atomic E-state index is 13.0. The Bertz CT molecular complexity index is 1140. The largest absolute Gasteiger partial charge is 0.456 e. The van der Waals surface area contributed by atoms with Crippen molar-refractivity contribution >= 4 is 46.5 Å². The van der Waals surface area contributed by atoms with Crippen LogP contribution < -0.4 is 0 Å². The lowest BCUT2D eigenvalue weighted by Crippen LogP contribution is -2.47. The third-order valence-corrected chi connectivity index (χ3v) is 6.15. The maximum Gasteiger partial charge on any atom is 0.330 e. The number of hydrogen-bond acceptors (Lipinski definition) is 6. The predicted molar refractivity (Wildman–Crippen MR) is 115 cm³/mol. The highest BCUT2D eigenvalue weighted by Crippen LogP contribution is 2.27. The Morgan fingerprint density at radius 2 is 1.52 bits per heavy atom. The van der Waals surface area contributed by atoms with Gasteiger partial charge in [0.2, 0.25) is 5.78 Å². The van der Waals surface area contributed by atoms with E-state index in [9.17, 15) is 19.2 Å². The molecule has 6 nitrogen and oxygen atoms in total. The fraction of sp³-hybridized carbons (Fsp3) is 0.130. The normalized spacial score (nSPS) is 13.8. The van der Waals surface area contributed by atoms with Gasteiger partial charge in [-0.1, -0.05) is 54.1 Å². The third-order valence-electron chi connectivity index (χ3n) is 4.87. The molecule has 8 heteroatoms. The molecule has 1 aliphatic rings. The number of benzene rings is 2. The number of rotatable bonds is 7. The molecular weight excluding hydrogens is 438 g/mol. The highest BCUT2D eigenvalue weighted by molar-refractivity contribution is 7.18. The topological polar surface area (TPSA) is 80.8 Å². The molecule has 2 amide bonds. The van der Waals surface area contributed by atoms with Crippen LogP contribution in [0.2, 0.25) is 4.34 Å². The van der Waals surface area contributed by atoms with Crippen LogP contribution in [0.25, 0.3) is 0 Å². The molecule has 156 valence electrons. The summed E-state index contributed by atoms with van der Waals surface area (Å²) in [6.45, 7) is -0.510. The summed E-state index contributed by atoms with van der Waals surface area (Å²) in [6, 6.07) is 17.3. The number of fused-ring (bicyclic) bond motifs is 1. The second-order valence-corrected chi connectivity index (χ2v) is 8.58. The zero-order valence-electron chi connectivity index (χ0n) is 16.1. The van der Waals surface area contributed by atoms with E-state index in [1.807, 2.05) is 6.07 Å². The second kappa shape index (κ2) is 8.83. The van der Waals surface area contributed by atoms with Gasteiger partial charge in [0.25, 0.3) is 11.8 Å². The van der Waals surface area contributed by atoms with Crippen LogP contribution >= 0.6 is 22.9 Å². The number of ketones is 1. The number of thiophene rings is 1. The Balaban J connectivity index is 1.57. The molecule has 1 aromatic heterocycles. The molecule has 1 atom stereocenters. The molecule has 0 N–H and O–H groups in total. The molecule has 0 saturated heterocycles. The SMILES string of the molecule is O=C(COC(=O)[C@H](Cc1ccccc1)N1C(=O)c2ccccc2C1=O)c1ccc(Cl)s1. The van der Waals surface area contributed by atoms with Gasteiger partial charge in [0, 0.05) is 6.42 Å². The van der Waals surface area contributed by atoms with Crippen molar-refractivity contribution in [3.05, 3.63) is 92.6 Å². The van der Waals surface area contributed by atoms with Crippen molar-refractivity contribution in [2.75, 3.05) is 6.61 Å². The van der Waals surface area contributed by atoms with E-state index >= 15 is 0 Å². The summed E-state index contributed by atoms with van der Waals surface area (Å²) in [4.78, 5) is 52.4. The molecule has 1 aliphatic heterocycles. The van der Waals surface area contributed by atoms with Gasteiger partial charge in [-0.2, -0.15) is 0 Å². The minimum absolute atomic E-state index is 0.0736. The molecule has 31 heavy (non-hydrogen) atoms. The smallest absolute Gasteiger partial charge is 0.330 e. The molecular formula is C23H16ClNO5S. The summed E-state index contributed by atoms with van der Waals surface area (Å²) in [6.07, 6.45) is 0.0736. The monoisotopic (exact) mass is 453 g/mol. The van der Waals surface area contributed by atoms with Crippen LogP contribution in [0, 0.1) is 0 Å². The number of carbonyl (C=O) groups excluding carboxylic acids is 4. The van der Waals surface area contributed by atoms with Crippen molar-refractivity contribution in [3.8, 4) is 0 Å². The lowest BCUT2D eigenvalue weighted by molar-refractivity contribution is -0.147. The number of carbonyl (C=O) groups is 4. The van der Waals surface area contributed by atoms with Crippen molar-refractivity contribution in [3.63, 3.8) is 0 Å². The standard InChI is InChI=1S/C23H16ClNO5S/c24-20-11-10-19(31-20)18(26)13-30-23(29)17(12-14-6-2-1-3-7-14)25-21(27)15-8-4-5-9-16(15)22(25)28/h1-11,17H,12-13H2/t17-/m0/s1. The quantitative estimate of drug-likeness (QED) is 0.306. The number of imide groups is 1. The van der Waals surface area contributed by atoms with Gasteiger partial charge in [0.05, 0.1) is 20.3 Å². The number of esters is 1. The van der Waals surface area contributed by atoms with Crippen molar-refractivity contribution in [1.82, 2.24) is 4.90 Å². The Hall–Kier alpha value is -3.29. The predicted octanol–water partition coefficient (Wildman–Crippen LogP) is 4.03. The highest BCUT2D eigenvalue weighted by Gasteiger charge is 2.43. The molecule has 4 rings (SSSR count). The molecule has 2 aromatic carbocycles. The number of Topliss-reactive ketones (excluding diaryl/α,β-unsaturated/α-hetero) is 1. The zero-order chi connectivity index (χ0) is 22.0. The Kier molecular flexibility index (Phi) is 5.97. The van der Waals surface area contributed by atoms with Gasteiger partial charge < -0.3 is 4.74 Å². The summed E-state index contributed by atoms with van der Waals surface area (Å²) in [7, 11) is 0. The summed E-state index contributed by atoms with van der Waals surface area (Å²) in [5.74, 6) is -2.36. The molecule has 0 saturated carbocycles. The van der Waals surface area contributed by atoms with E-state index < -0.39 is 36.2 Å². The number of ether oxygens (including phenoxy) is 1. The van der Waals surface area contributed by atoms with Gasteiger partial charge in [-0.15, -0.1) is 11.3 Å². The molecule has 0 aliphatic carbocycles. The van der Waals surface area contributed by atoms with E-state index in [1.54, 1.807) is 60.7 Å². The summed E-state index contributed by atoms with van der Waals surface area (Å²) < 4.78 is 5.69. The first-order valence-corrected chi connectivity index (χ1v) is 10.6. The van der Waals surface area contributed by atoms with E-state index in [-0.39, 0.29) is 17.5 Å². The van der Waals surface area contributed by atoms with Crippen LogP contribution in [0.5, 0.6) is 0 Å². The fourth-order valence-electron chi connectivity index (χ4n) is 3.38. The lowest BCUT2D eigenvalue weighted by Gasteiger charge is -2.24. The Morgan fingerprint density at radius 1 is 0.903 bits per heavy atom. The highest BCUT2D eigenvalue weighted by atomic mass is 35.5. The van der Waals surface area contributed by atoms with E-state index in [0.717, 1.165) is 21.8 Å². The third kappa shape index (κ3) is 4.28. The van der Waals surface area contributed by atoms with Gasteiger partial charge in [-0.05, 0) is 29.8 Å². The van der Waals surface area contributed by atoms with Crippen molar-refractivity contribution in [2.24, 2.45) is 0 Å². The molecule has 0 unspecified atom stereocenters. The fourth-order valence-corrected chi connectivity index (χ4v) is 4.34. The second-order valence-electron chi connectivity index (χ2n) is 6.87. The first-order valence-electron chi connectivity index (χ1n) is 9.41. The van der Waals surface area contributed by atoms with Gasteiger partial charge in [0.1, 0.15) is 6.04 Å². The van der Waals surface area contributed by atoms with Crippen molar-refractivity contribution in [1.29, 1.82) is 0 Å². The van der Waals surface area contributed by atoms with E-state index in [2.05, 4.69) is 0 Å². The van der Waals surface area contributed by atoms with E-state index in [0.29, 0.717) is 9.21 Å². The molecule has 0 bridgehead atoms. The number of halogens is 1. The van der Waals surface area contributed by atoms with Crippen LogP contribution in [0.4, 0.5) is 0 Å². The van der Waals surface area contributed by atoms with Crippen molar-refractivity contribution in [2.45, 2.75) is 12.5 Å². The number of nitrogens with zero attached hydrogens (tertiary/aromatic N) is 1. The minimum Gasteiger partial charge on any atom is -0.456 e. The van der Waals surface area contributed by atoms with Crippen LogP contribution in [0.15, 0.2) is 66.7 Å². The van der Waals surface area contributed by atoms with Gasteiger partial charge >= 0.3 is 5.97 Å². The Labute approximate surface area is 187 Å². The van der Waals surface area contributed by atoms with E-state index in [4.69, 9.17) is 16.3 Å². The number of amides is 2. The van der Waals surface area contributed by atoms with Gasteiger partial charge in [-0.25, -0.2) is 4.79 Å².